The van der Waals surface area contributed by atoms with Crippen molar-refractivity contribution < 1.29 is 14.3 Å². The second kappa shape index (κ2) is 5.73. The van der Waals surface area contributed by atoms with Gasteiger partial charge in [0.25, 0.3) is 0 Å². The Morgan fingerprint density at radius 2 is 1.95 bits per heavy atom. The molecule has 1 aromatic carbocycles. The molecule has 4 heteroatoms. The Morgan fingerprint density at radius 3 is 2.55 bits per heavy atom. The summed E-state index contributed by atoms with van der Waals surface area (Å²) >= 11 is 0. The Hall–Kier alpha value is -1.71. The van der Waals surface area contributed by atoms with Gasteiger partial charge in [0.15, 0.2) is 0 Å². The van der Waals surface area contributed by atoms with Crippen molar-refractivity contribution in [3.63, 3.8) is 0 Å². The van der Waals surface area contributed by atoms with E-state index in [9.17, 15) is 4.79 Å². The minimum atomic E-state index is -0.505. The number of hydrogen-bond donors (Lipinski definition) is 0. The molecular formula is C16H23NO3. The summed E-state index contributed by atoms with van der Waals surface area (Å²) < 4.78 is 11.2. The minimum absolute atomic E-state index is 0.375. The maximum Gasteiger partial charge on any atom is 0.414 e. The van der Waals surface area contributed by atoms with Crippen molar-refractivity contribution in [3.8, 4) is 5.75 Å². The summed E-state index contributed by atoms with van der Waals surface area (Å²) in [6.07, 6.45) is 2.11. The van der Waals surface area contributed by atoms with E-state index in [1.807, 2.05) is 45.0 Å². The molecule has 20 heavy (non-hydrogen) atoms. The highest BCUT2D eigenvalue weighted by molar-refractivity contribution is 5.89. The number of carbonyl (C=O) groups excluding carboxylic acids is 1. The van der Waals surface area contributed by atoms with Crippen molar-refractivity contribution in [2.45, 2.75) is 39.2 Å². The summed E-state index contributed by atoms with van der Waals surface area (Å²) in [5, 5.41) is 0. The van der Waals surface area contributed by atoms with E-state index in [2.05, 4.69) is 0 Å². The third-order valence-electron chi connectivity index (χ3n) is 3.07. The number of para-hydroxylation sites is 2. The van der Waals surface area contributed by atoms with E-state index >= 15 is 0 Å². The molecule has 0 atom stereocenters. The van der Waals surface area contributed by atoms with Gasteiger partial charge in [-0.2, -0.15) is 0 Å². The molecule has 0 N–H and O–H groups in total. The molecule has 0 unspecified atom stereocenters. The van der Waals surface area contributed by atoms with Crippen molar-refractivity contribution in [1.29, 1.82) is 0 Å². The third-order valence-corrected chi connectivity index (χ3v) is 3.07. The predicted octanol–water partition coefficient (Wildman–Crippen LogP) is 3.85. The molecule has 1 amide bonds. The first-order valence-corrected chi connectivity index (χ1v) is 7.05. The first-order chi connectivity index (χ1) is 9.37. The van der Waals surface area contributed by atoms with Gasteiger partial charge < -0.3 is 9.47 Å². The van der Waals surface area contributed by atoms with Gasteiger partial charge in [0.05, 0.1) is 12.3 Å². The van der Waals surface area contributed by atoms with Crippen LogP contribution in [-0.4, -0.2) is 25.3 Å². The summed E-state index contributed by atoms with van der Waals surface area (Å²) in [5.41, 5.74) is 0.234. The van der Waals surface area contributed by atoms with Crippen LogP contribution in [0.15, 0.2) is 24.3 Å². The lowest BCUT2D eigenvalue weighted by Crippen LogP contribution is -2.34. The highest BCUT2D eigenvalue weighted by Gasteiger charge is 2.25. The molecule has 0 aliphatic heterocycles. The molecule has 0 saturated heterocycles. The van der Waals surface area contributed by atoms with Crippen molar-refractivity contribution in [2.75, 3.05) is 18.6 Å². The second-order valence-corrected chi connectivity index (χ2v) is 6.26. The van der Waals surface area contributed by atoms with Crippen LogP contribution in [0.5, 0.6) is 5.75 Å². The van der Waals surface area contributed by atoms with Crippen molar-refractivity contribution >= 4 is 11.8 Å². The molecule has 0 bridgehead atoms. The van der Waals surface area contributed by atoms with Crippen LogP contribution in [0.2, 0.25) is 0 Å². The maximum atomic E-state index is 12.1. The van der Waals surface area contributed by atoms with Crippen molar-refractivity contribution in [3.05, 3.63) is 24.3 Å². The quantitative estimate of drug-likeness (QED) is 0.839. The number of rotatable bonds is 4. The summed E-state index contributed by atoms with van der Waals surface area (Å²) in [5.74, 6) is 1.41. The first kappa shape index (κ1) is 14.7. The van der Waals surface area contributed by atoms with Crippen LogP contribution in [-0.2, 0) is 4.74 Å². The largest absolute Gasteiger partial charge is 0.491 e. The maximum absolute atomic E-state index is 12.1. The molecule has 0 radical (unpaired) electrons. The molecule has 0 spiro atoms. The molecular weight excluding hydrogens is 254 g/mol. The Kier molecular flexibility index (Phi) is 4.21. The smallest absolute Gasteiger partial charge is 0.414 e. The first-order valence-electron chi connectivity index (χ1n) is 7.05. The zero-order valence-electron chi connectivity index (χ0n) is 12.7. The third kappa shape index (κ3) is 4.15. The fourth-order valence-electron chi connectivity index (χ4n) is 1.78. The van der Waals surface area contributed by atoms with Crippen LogP contribution in [0.1, 0.15) is 33.6 Å². The molecule has 1 saturated carbocycles. The van der Waals surface area contributed by atoms with Gasteiger partial charge in [-0.1, -0.05) is 12.1 Å². The number of hydrogen-bond acceptors (Lipinski definition) is 3. The standard InChI is InChI=1S/C16H23NO3/c1-16(2,3)20-15(18)17(4)13-7-5-6-8-14(13)19-11-12-9-10-12/h5-8,12H,9-11H2,1-4H3. The number of ether oxygens (including phenoxy) is 2. The van der Waals surface area contributed by atoms with Gasteiger partial charge in [0.1, 0.15) is 11.4 Å². The fraction of sp³-hybridized carbons (Fsp3) is 0.562. The molecule has 110 valence electrons. The van der Waals surface area contributed by atoms with Gasteiger partial charge in [-0.25, -0.2) is 4.79 Å². The molecule has 1 aromatic rings. The summed E-state index contributed by atoms with van der Waals surface area (Å²) in [7, 11) is 1.70. The molecule has 2 rings (SSSR count). The van der Waals surface area contributed by atoms with Crippen LogP contribution in [0.3, 0.4) is 0 Å². The van der Waals surface area contributed by atoms with Crippen LogP contribution >= 0.6 is 0 Å². The van der Waals surface area contributed by atoms with Crippen LogP contribution in [0.4, 0.5) is 10.5 Å². The number of nitrogens with zero attached hydrogens (tertiary/aromatic N) is 1. The number of amides is 1. The Labute approximate surface area is 120 Å². The number of carbonyl (C=O) groups is 1. The normalized spacial score (nSPS) is 14.8. The molecule has 1 fully saturated rings. The van der Waals surface area contributed by atoms with Crippen molar-refractivity contribution in [1.82, 2.24) is 0 Å². The predicted molar refractivity (Wildman–Crippen MR) is 79.3 cm³/mol. The van der Waals surface area contributed by atoms with Gasteiger partial charge in [-0.05, 0) is 51.7 Å². The lowest BCUT2D eigenvalue weighted by atomic mass is 10.2. The minimum Gasteiger partial charge on any atom is -0.491 e. The van der Waals surface area contributed by atoms with E-state index < -0.39 is 5.60 Å². The lowest BCUT2D eigenvalue weighted by molar-refractivity contribution is 0.0588. The zero-order chi connectivity index (χ0) is 14.8. The van der Waals surface area contributed by atoms with Gasteiger partial charge in [-0.3, -0.25) is 4.90 Å². The van der Waals surface area contributed by atoms with Gasteiger partial charge in [-0.15, -0.1) is 0 Å². The molecule has 0 heterocycles. The van der Waals surface area contributed by atoms with E-state index in [0.29, 0.717) is 5.92 Å². The van der Waals surface area contributed by atoms with E-state index in [1.54, 1.807) is 7.05 Å². The Balaban J connectivity index is 2.07. The number of benzene rings is 1. The monoisotopic (exact) mass is 277 g/mol. The average molecular weight is 277 g/mol. The topological polar surface area (TPSA) is 38.8 Å². The Bertz CT molecular complexity index is 475. The van der Waals surface area contributed by atoms with Crippen molar-refractivity contribution in [2.24, 2.45) is 5.92 Å². The second-order valence-electron chi connectivity index (χ2n) is 6.26. The highest BCUT2D eigenvalue weighted by atomic mass is 16.6. The average Bonchev–Trinajstić information content (AvgIpc) is 3.18. The summed E-state index contributed by atoms with van der Waals surface area (Å²) in [6.45, 7) is 6.29. The molecule has 4 nitrogen and oxygen atoms in total. The van der Waals surface area contributed by atoms with E-state index in [-0.39, 0.29) is 6.09 Å². The summed E-state index contributed by atoms with van der Waals surface area (Å²) in [6, 6.07) is 7.56. The Morgan fingerprint density at radius 1 is 1.30 bits per heavy atom. The van der Waals surface area contributed by atoms with Gasteiger partial charge in [0, 0.05) is 7.05 Å². The van der Waals surface area contributed by atoms with E-state index in [4.69, 9.17) is 9.47 Å². The van der Waals surface area contributed by atoms with E-state index in [0.717, 1.165) is 18.0 Å². The fourth-order valence-corrected chi connectivity index (χ4v) is 1.78. The molecule has 1 aliphatic carbocycles. The molecule has 0 aromatic heterocycles. The summed E-state index contributed by atoms with van der Waals surface area (Å²) in [4.78, 5) is 13.6. The van der Waals surface area contributed by atoms with E-state index in [1.165, 1.54) is 17.7 Å². The molecule has 1 aliphatic rings. The SMILES string of the molecule is CN(C(=O)OC(C)(C)C)c1ccccc1OCC1CC1. The van der Waals surface area contributed by atoms with Crippen LogP contribution in [0, 0.1) is 5.92 Å². The lowest BCUT2D eigenvalue weighted by Gasteiger charge is -2.25. The van der Waals surface area contributed by atoms with Gasteiger partial charge in [0.2, 0.25) is 0 Å². The van der Waals surface area contributed by atoms with Crippen LogP contribution < -0.4 is 9.64 Å². The number of anilines is 1. The zero-order valence-corrected chi connectivity index (χ0v) is 12.7. The van der Waals surface area contributed by atoms with Gasteiger partial charge >= 0.3 is 6.09 Å². The highest BCUT2D eigenvalue weighted by Crippen LogP contribution is 2.33. The van der Waals surface area contributed by atoms with Crippen LogP contribution in [0.25, 0.3) is 0 Å².